The predicted molar refractivity (Wildman–Crippen MR) is 95.0 cm³/mol. The zero-order valence-electron chi connectivity index (χ0n) is 14.0. The summed E-state index contributed by atoms with van der Waals surface area (Å²) < 4.78 is 27.1. The Hall–Kier alpha value is -3.48. The number of carbonyl (C=O) groups excluding carboxylic acids is 1. The number of carboxylic acids is 1. The Bertz CT molecular complexity index is 1120. The fraction of sp³-hybridized carbons (Fsp3) is 0.100. The van der Waals surface area contributed by atoms with Gasteiger partial charge in [0.15, 0.2) is 0 Å². The molecule has 0 atom stereocenters. The molecule has 1 amide bonds. The zero-order chi connectivity index (χ0) is 19.1. The molecule has 1 aromatic heterocycles. The van der Waals surface area contributed by atoms with E-state index in [0.29, 0.717) is 18.2 Å². The molecule has 5 nitrogen and oxygen atoms in total. The maximum absolute atomic E-state index is 14.0. The SMILES string of the molecule is O=C(O)C1=CN(C(=O)c2ccc(F)cc2F)CCc2c1[nH]c1ccccc21. The topological polar surface area (TPSA) is 73.4 Å². The van der Waals surface area contributed by atoms with E-state index in [9.17, 15) is 23.5 Å². The number of nitrogens with one attached hydrogen (secondary N) is 1. The molecule has 2 aromatic carbocycles. The van der Waals surface area contributed by atoms with Crippen LogP contribution in [0, 0.1) is 11.6 Å². The Morgan fingerprint density at radius 1 is 1.11 bits per heavy atom. The van der Waals surface area contributed by atoms with Gasteiger partial charge in [0.2, 0.25) is 0 Å². The number of aliphatic carboxylic acids is 1. The number of nitrogens with zero attached hydrogens (tertiary/aromatic N) is 1. The van der Waals surface area contributed by atoms with Crippen LogP contribution in [0.3, 0.4) is 0 Å². The van der Waals surface area contributed by atoms with Crippen molar-refractivity contribution in [3.05, 3.63) is 77.1 Å². The van der Waals surface area contributed by atoms with Crippen molar-refractivity contribution in [2.24, 2.45) is 0 Å². The molecule has 4 rings (SSSR count). The summed E-state index contributed by atoms with van der Waals surface area (Å²) in [7, 11) is 0. The number of amides is 1. The van der Waals surface area contributed by atoms with Crippen LogP contribution in [-0.2, 0) is 11.2 Å². The molecule has 2 heterocycles. The molecule has 1 aliphatic heterocycles. The lowest BCUT2D eigenvalue weighted by Crippen LogP contribution is -2.28. The molecule has 0 aliphatic carbocycles. The van der Waals surface area contributed by atoms with Gasteiger partial charge in [0.05, 0.1) is 16.8 Å². The van der Waals surface area contributed by atoms with Crippen LogP contribution in [0.2, 0.25) is 0 Å². The molecule has 0 bridgehead atoms. The molecule has 0 spiro atoms. The number of halogens is 2. The first-order valence-corrected chi connectivity index (χ1v) is 8.27. The fourth-order valence-electron chi connectivity index (χ4n) is 3.35. The molecule has 0 radical (unpaired) electrons. The standard InChI is InChI=1S/C20H14F2N2O3/c21-11-5-6-14(16(22)9-11)19(25)24-8-7-13-12-3-1-2-4-17(12)23-18(13)15(10-24)20(26)27/h1-6,9-10,23H,7-8H2,(H,26,27). The Balaban J connectivity index is 1.80. The second-order valence-corrected chi connectivity index (χ2v) is 6.24. The number of carboxylic acid groups (broad SMARTS) is 1. The number of fused-ring (bicyclic) bond motifs is 3. The van der Waals surface area contributed by atoms with Gasteiger partial charge >= 0.3 is 5.97 Å². The number of hydrogen-bond donors (Lipinski definition) is 2. The number of para-hydroxylation sites is 1. The van der Waals surface area contributed by atoms with Crippen LogP contribution in [0.5, 0.6) is 0 Å². The Morgan fingerprint density at radius 3 is 2.63 bits per heavy atom. The molecule has 0 fully saturated rings. The molecule has 0 saturated carbocycles. The Labute approximate surface area is 152 Å². The highest BCUT2D eigenvalue weighted by Crippen LogP contribution is 2.31. The fourth-order valence-corrected chi connectivity index (χ4v) is 3.35. The lowest BCUT2D eigenvalue weighted by atomic mass is 10.0. The summed E-state index contributed by atoms with van der Waals surface area (Å²) in [5, 5.41) is 10.5. The van der Waals surface area contributed by atoms with E-state index in [0.717, 1.165) is 33.5 Å². The molecule has 136 valence electrons. The Kier molecular flexibility index (Phi) is 3.99. The van der Waals surface area contributed by atoms with Crippen LogP contribution in [0.15, 0.2) is 48.7 Å². The van der Waals surface area contributed by atoms with E-state index in [1.807, 2.05) is 24.3 Å². The van der Waals surface area contributed by atoms with Gasteiger partial charge in [0.25, 0.3) is 5.91 Å². The van der Waals surface area contributed by atoms with E-state index >= 15 is 0 Å². The van der Waals surface area contributed by atoms with Crippen molar-refractivity contribution >= 4 is 28.4 Å². The molecule has 7 heteroatoms. The van der Waals surface area contributed by atoms with Gasteiger partial charge in [-0.15, -0.1) is 0 Å². The Morgan fingerprint density at radius 2 is 1.89 bits per heavy atom. The van der Waals surface area contributed by atoms with Gasteiger partial charge in [-0.05, 0) is 30.2 Å². The monoisotopic (exact) mass is 368 g/mol. The molecular formula is C20H14F2N2O3. The molecule has 0 unspecified atom stereocenters. The third-order valence-electron chi connectivity index (χ3n) is 4.62. The molecule has 0 saturated heterocycles. The number of aromatic nitrogens is 1. The number of rotatable bonds is 2. The van der Waals surface area contributed by atoms with Gasteiger partial charge in [-0.3, -0.25) is 4.79 Å². The maximum Gasteiger partial charge on any atom is 0.339 e. The third kappa shape index (κ3) is 2.87. The zero-order valence-corrected chi connectivity index (χ0v) is 14.0. The lowest BCUT2D eigenvalue weighted by Gasteiger charge is -2.18. The van der Waals surface area contributed by atoms with E-state index in [1.54, 1.807) is 0 Å². The van der Waals surface area contributed by atoms with E-state index in [-0.39, 0.29) is 17.7 Å². The van der Waals surface area contributed by atoms with Gasteiger partial charge in [-0.25, -0.2) is 13.6 Å². The normalized spacial score (nSPS) is 13.9. The van der Waals surface area contributed by atoms with Crippen LogP contribution in [-0.4, -0.2) is 33.4 Å². The van der Waals surface area contributed by atoms with Crippen molar-refractivity contribution in [1.29, 1.82) is 0 Å². The average molecular weight is 368 g/mol. The minimum Gasteiger partial charge on any atom is -0.478 e. The molecular weight excluding hydrogens is 354 g/mol. The highest BCUT2D eigenvalue weighted by Gasteiger charge is 2.27. The second kappa shape index (κ2) is 6.35. The number of aromatic amines is 1. The van der Waals surface area contributed by atoms with Gasteiger partial charge in [0, 0.05) is 29.7 Å². The largest absolute Gasteiger partial charge is 0.478 e. The second-order valence-electron chi connectivity index (χ2n) is 6.24. The highest BCUT2D eigenvalue weighted by molar-refractivity contribution is 6.17. The first kappa shape index (κ1) is 17.0. The summed E-state index contributed by atoms with van der Waals surface area (Å²) in [4.78, 5) is 28.8. The van der Waals surface area contributed by atoms with E-state index in [2.05, 4.69) is 4.98 Å². The van der Waals surface area contributed by atoms with E-state index in [4.69, 9.17) is 0 Å². The van der Waals surface area contributed by atoms with Crippen molar-refractivity contribution in [3.8, 4) is 0 Å². The summed E-state index contributed by atoms with van der Waals surface area (Å²) in [6.45, 7) is 0.168. The minimum atomic E-state index is -1.21. The van der Waals surface area contributed by atoms with Crippen molar-refractivity contribution in [2.45, 2.75) is 6.42 Å². The third-order valence-corrected chi connectivity index (χ3v) is 4.62. The molecule has 1 aliphatic rings. The summed E-state index contributed by atoms with van der Waals surface area (Å²) in [5.74, 6) is -3.70. The quantitative estimate of drug-likeness (QED) is 0.726. The van der Waals surface area contributed by atoms with Crippen LogP contribution < -0.4 is 0 Å². The van der Waals surface area contributed by atoms with Gasteiger partial charge in [0.1, 0.15) is 11.6 Å². The lowest BCUT2D eigenvalue weighted by molar-refractivity contribution is -0.130. The summed E-state index contributed by atoms with van der Waals surface area (Å²) in [5.41, 5.74) is 1.62. The summed E-state index contributed by atoms with van der Waals surface area (Å²) >= 11 is 0. The van der Waals surface area contributed by atoms with Crippen molar-refractivity contribution < 1.29 is 23.5 Å². The van der Waals surface area contributed by atoms with Crippen molar-refractivity contribution in [2.75, 3.05) is 6.54 Å². The van der Waals surface area contributed by atoms with Gasteiger partial charge in [-0.1, -0.05) is 18.2 Å². The van der Waals surface area contributed by atoms with Gasteiger partial charge < -0.3 is 15.0 Å². The maximum atomic E-state index is 14.0. The molecule has 27 heavy (non-hydrogen) atoms. The van der Waals surface area contributed by atoms with Crippen LogP contribution in [0.1, 0.15) is 21.6 Å². The first-order chi connectivity index (χ1) is 13.0. The van der Waals surface area contributed by atoms with Crippen LogP contribution in [0.25, 0.3) is 16.5 Å². The number of carbonyl (C=O) groups is 2. The average Bonchev–Trinajstić information content (AvgIpc) is 2.88. The number of H-pyrrole nitrogens is 1. The summed E-state index contributed by atoms with van der Waals surface area (Å²) in [6.07, 6.45) is 1.59. The van der Waals surface area contributed by atoms with Crippen molar-refractivity contribution in [1.82, 2.24) is 9.88 Å². The molecule has 2 N–H and O–H groups in total. The van der Waals surface area contributed by atoms with Gasteiger partial charge in [-0.2, -0.15) is 0 Å². The summed E-state index contributed by atoms with van der Waals surface area (Å²) in [6, 6.07) is 10.1. The molecule has 3 aromatic rings. The number of benzene rings is 2. The smallest absolute Gasteiger partial charge is 0.339 e. The first-order valence-electron chi connectivity index (χ1n) is 8.27. The van der Waals surface area contributed by atoms with E-state index < -0.39 is 23.5 Å². The van der Waals surface area contributed by atoms with E-state index in [1.165, 1.54) is 6.20 Å². The highest BCUT2D eigenvalue weighted by atomic mass is 19.1. The van der Waals surface area contributed by atoms with Crippen LogP contribution >= 0.6 is 0 Å². The number of hydrogen-bond acceptors (Lipinski definition) is 2. The van der Waals surface area contributed by atoms with Crippen LogP contribution in [0.4, 0.5) is 8.78 Å². The van der Waals surface area contributed by atoms with Crippen molar-refractivity contribution in [3.63, 3.8) is 0 Å². The predicted octanol–water partition coefficient (Wildman–Crippen LogP) is 3.57. The minimum absolute atomic E-state index is 0.0884.